The third kappa shape index (κ3) is 4.48. The maximum atomic E-state index is 14.8. The van der Waals surface area contributed by atoms with Crippen LogP contribution in [0.25, 0.3) is 10.8 Å². The van der Waals surface area contributed by atoms with Gasteiger partial charge >= 0.3 is 5.97 Å². The van der Waals surface area contributed by atoms with Crippen LogP contribution in [0.1, 0.15) is 30.9 Å². The summed E-state index contributed by atoms with van der Waals surface area (Å²) in [6.45, 7) is 0.128. The van der Waals surface area contributed by atoms with Crippen molar-refractivity contribution in [2.45, 2.75) is 43.1 Å². The number of nitrogens with zero attached hydrogens (tertiary/aromatic N) is 2. The number of benzene rings is 3. The summed E-state index contributed by atoms with van der Waals surface area (Å²) in [6.07, 6.45) is 9.20. The second-order valence-corrected chi connectivity index (χ2v) is 11.7. The van der Waals surface area contributed by atoms with Crippen LogP contribution in [-0.2, 0) is 23.9 Å². The van der Waals surface area contributed by atoms with Gasteiger partial charge in [-0.3, -0.25) is 14.4 Å². The first-order chi connectivity index (χ1) is 21.0. The molecule has 0 bridgehead atoms. The van der Waals surface area contributed by atoms with Gasteiger partial charge in [0.15, 0.2) is 0 Å². The van der Waals surface area contributed by atoms with Gasteiger partial charge in [0.1, 0.15) is 17.6 Å². The average molecular weight is 579 g/mol. The van der Waals surface area contributed by atoms with Crippen molar-refractivity contribution in [3.8, 4) is 0 Å². The van der Waals surface area contributed by atoms with Crippen molar-refractivity contribution in [3.63, 3.8) is 0 Å². The molecule has 0 aromatic heterocycles. The number of likely N-dealkylation sites (tertiary alicyclic amines) is 1. The average Bonchev–Trinajstić information content (AvgIpc) is 3.42. The van der Waals surface area contributed by atoms with E-state index in [1.54, 1.807) is 4.90 Å². The van der Waals surface area contributed by atoms with Crippen LogP contribution in [0.5, 0.6) is 0 Å². The molecule has 0 radical (unpaired) electrons. The number of aliphatic hydroxyl groups excluding tert-OH is 1. The van der Waals surface area contributed by atoms with Crippen molar-refractivity contribution in [2.24, 2.45) is 11.8 Å². The number of carbonyl (C=O) groups excluding carboxylic acids is 3. The Kier molecular flexibility index (Phi) is 7.11. The summed E-state index contributed by atoms with van der Waals surface area (Å²) in [5.74, 6) is -3.14. The van der Waals surface area contributed by atoms with Gasteiger partial charge in [-0.05, 0) is 47.7 Å². The van der Waals surface area contributed by atoms with E-state index < -0.39 is 54.1 Å². The molecule has 2 saturated heterocycles. The van der Waals surface area contributed by atoms with Gasteiger partial charge in [-0.15, -0.1) is 0 Å². The number of aliphatic hydroxyl groups is 1. The molecule has 2 amide bonds. The lowest BCUT2D eigenvalue weighted by molar-refractivity contribution is -0.155. The summed E-state index contributed by atoms with van der Waals surface area (Å²) in [6, 6.07) is 21.0. The molecule has 1 unspecified atom stereocenters. The van der Waals surface area contributed by atoms with E-state index in [9.17, 15) is 19.5 Å². The molecule has 4 aliphatic heterocycles. The van der Waals surface area contributed by atoms with E-state index >= 15 is 0 Å². The van der Waals surface area contributed by atoms with Crippen molar-refractivity contribution in [2.75, 3.05) is 24.7 Å². The van der Waals surface area contributed by atoms with Gasteiger partial charge < -0.3 is 24.4 Å². The minimum atomic E-state index is -1.42. The summed E-state index contributed by atoms with van der Waals surface area (Å²) in [7, 11) is 0. The summed E-state index contributed by atoms with van der Waals surface area (Å²) < 4.78 is 12.4. The molecule has 0 aliphatic carbocycles. The topological polar surface area (TPSA) is 96.4 Å². The highest BCUT2D eigenvalue weighted by Crippen LogP contribution is 2.55. The van der Waals surface area contributed by atoms with Crippen molar-refractivity contribution in [1.29, 1.82) is 0 Å². The SMILES string of the molecule is O=C1OCCCC/C=C\[C@H]2O[C@]34C=CCN(c5ccc6ccccc6c5)C(=O)C3N([C@H](CO)c3ccccc3)C(=O)[C@@H]4[C@@H]12. The Morgan fingerprint density at radius 1 is 0.907 bits per heavy atom. The first kappa shape index (κ1) is 27.6. The number of hydrogen-bond acceptors (Lipinski definition) is 6. The molecule has 8 nitrogen and oxygen atoms in total. The second kappa shape index (κ2) is 11.1. The molecular formula is C35H34N2O6. The minimum Gasteiger partial charge on any atom is -0.465 e. The fourth-order valence-electron chi connectivity index (χ4n) is 7.30. The Balaban J connectivity index is 1.38. The van der Waals surface area contributed by atoms with Crippen LogP contribution in [0.15, 0.2) is 97.1 Å². The zero-order valence-corrected chi connectivity index (χ0v) is 23.7. The lowest BCUT2D eigenvalue weighted by Gasteiger charge is -2.38. The van der Waals surface area contributed by atoms with Gasteiger partial charge in [-0.2, -0.15) is 0 Å². The number of allylic oxidation sites excluding steroid dienone is 1. The summed E-state index contributed by atoms with van der Waals surface area (Å²) >= 11 is 0. The molecule has 2 fully saturated rings. The number of carbonyl (C=O) groups is 3. The maximum absolute atomic E-state index is 14.8. The number of ether oxygens (including phenoxy) is 2. The lowest BCUT2D eigenvalue weighted by Crippen LogP contribution is -2.56. The van der Waals surface area contributed by atoms with Crippen molar-refractivity contribution in [3.05, 3.63) is 103 Å². The highest BCUT2D eigenvalue weighted by Gasteiger charge is 2.72. The highest BCUT2D eigenvalue weighted by atomic mass is 16.6. The van der Waals surface area contributed by atoms with Gasteiger partial charge in [-0.1, -0.05) is 85.0 Å². The number of rotatable bonds is 4. The Labute approximate surface area is 250 Å². The van der Waals surface area contributed by atoms with Gasteiger partial charge in [-0.25, -0.2) is 0 Å². The maximum Gasteiger partial charge on any atom is 0.312 e. The van der Waals surface area contributed by atoms with Crippen LogP contribution in [0.4, 0.5) is 5.69 Å². The fraction of sp³-hybridized carbons (Fsp3) is 0.343. The van der Waals surface area contributed by atoms with Gasteiger partial charge in [0.25, 0.3) is 5.91 Å². The number of fused-ring (bicyclic) bond motifs is 3. The third-order valence-electron chi connectivity index (χ3n) is 9.28. The third-order valence-corrected chi connectivity index (χ3v) is 9.28. The van der Waals surface area contributed by atoms with E-state index in [4.69, 9.17) is 9.47 Å². The van der Waals surface area contributed by atoms with Crippen molar-refractivity contribution in [1.82, 2.24) is 4.90 Å². The Hall–Kier alpha value is -4.27. The quantitative estimate of drug-likeness (QED) is 0.366. The first-order valence-electron chi connectivity index (χ1n) is 15.0. The van der Waals surface area contributed by atoms with Gasteiger partial charge in [0.05, 0.1) is 31.3 Å². The smallest absolute Gasteiger partial charge is 0.312 e. The van der Waals surface area contributed by atoms with Crippen molar-refractivity contribution >= 4 is 34.2 Å². The fourth-order valence-corrected chi connectivity index (χ4v) is 7.30. The zero-order chi connectivity index (χ0) is 29.6. The van der Waals surface area contributed by atoms with Crippen LogP contribution in [0.2, 0.25) is 0 Å². The number of anilines is 1. The Morgan fingerprint density at radius 2 is 1.70 bits per heavy atom. The molecule has 4 aliphatic rings. The van der Waals surface area contributed by atoms with Crippen LogP contribution in [-0.4, -0.2) is 65.3 Å². The summed E-state index contributed by atoms with van der Waals surface area (Å²) in [5, 5.41) is 12.8. The highest BCUT2D eigenvalue weighted by molar-refractivity contribution is 6.06. The van der Waals surface area contributed by atoms with Crippen LogP contribution in [0.3, 0.4) is 0 Å². The van der Waals surface area contributed by atoms with E-state index in [-0.39, 0.29) is 19.1 Å². The van der Waals surface area contributed by atoms with Gasteiger partial charge in [0.2, 0.25) is 5.91 Å². The molecule has 1 spiro atoms. The van der Waals surface area contributed by atoms with E-state index in [0.29, 0.717) is 11.3 Å². The summed E-state index contributed by atoms with van der Waals surface area (Å²) in [4.78, 5) is 46.2. The number of esters is 1. The largest absolute Gasteiger partial charge is 0.465 e. The monoisotopic (exact) mass is 578 g/mol. The predicted molar refractivity (Wildman–Crippen MR) is 161 cm³/mol. The standard InChI is InChI=1S/C35H34N2O6/c38-22-27(24-12-4-3-5-13-24)37-31-33(40)36(26-17-16-23-11-7-8-14-25(23)21-26)19-10-18-35(31)30(32(37)39)29-28(43-35)15-6-1-2-9-20-42-34(29)41/h3-8,10-18,21,27-31,38H,1-2,9,19-20,22H2/b15-6-/t27-,28-,29+,30+,31?,35+/m1/s1. The molecule has 1 N–H and O–H groups in total. The van der Waals surface area contributed by atoms with E-state index in [1.165, 1.54) is 4.90 Å². The van der Waals surface area contributed by atoms with Crippen LogP contribution < -0.4 is 4.90 Å². The normalized spacial score (nSPS) is 30.3. The Morgan fingerprint density at radius 3 is 2.51 bits per heavy atom. The Bertz CT molecular complexity index is 1620. The number of amides is 2. The second-order valence-electron chi connectivity index (χ2n) is 11.7. The molecule has 4 heterocycles. The van der Waals surface area contributed by atoms with Crippen molar-refractivity contribution < 1.29 is 29.0 Å². The number of cyclic esters (lactones) is 1. The molecule has 6 atom stereocenters. The molecule has 3 aromatic carbocycles. The van der Waals surface area contributed by atoms with E-state index in [0.717, 1.165) is 30.0 Å². The molecule has 7 rings (SSSR count). The molecular weight excluding hydrogens is 544 g/mol. The first-order valence-corrected chi connectivity index (χ1v) is 15.0. The molecule has 3 aromatic rings. The molecule has 0 saturated carbocycles. The molecule has 43 heavy (non-hydrogen) atoms. The van der Waals surface area contributed by atoms with Crippen LogP contribution in [0, 0.1) is 11.8 Å². The number of hydrogen-bond donors (Lipinski definition) is 1. The molecule has 8 heteroatoms. The van der Waals surface area contributed by atoms with Crippen LogP contribution >= 0.6 is 0 Å². The molecule has 220 valence electrons. The minimum absolute atomic E-state index is 0.262. The van der Waals surface area contributed by atoms with E-state index in [1.807, 2.05) is 97.1 Å². The summed E-state index contributed by atoms with van der Waals surface area (Å²) in [5.41, 5.74) is -0.0381. The lowest BCUT2D eigenvalue weighted by atomic mass is 9.78. The zero-order valence-electron chi connectivity index (χ0n) is 23.7. The predicted octanol–water partition coefficient (Wildman–Crippen LogP) is 4.34. The van der Waals surface area contributed by atoms with E-state index in [2.05, 4.69) is 0 Å². The van der Waals surface area contributed by atoms with Gasteiger partial charge in [0, 0.05) is 12.2 Å².